The van der Waals surface area contributed by atoms with Crippen LogP contribution in [0.4, 0.5) is 16.2 Å². The first kappa shape index (κ1) is 23.3. The molecule has 0 saturated heterocycles. The quantitative estimate of drug-likeness (QED) is 0.395. The average molecular weight is 447 g/mol. The van der Waals surface area contributed by atoms with Crippen molar-refractivity contribution in [3.8, 4) is 5.75 Å². The van der Waals surface area contributed by atoms with E-state index in [-0.39, 0.29) is 18.4 Å². The summed E-state index contributed by atoms with van der Waals surface area (Å²) in [4.78, 5) is 36.6. The third kappa shape index (κ3) is 6.83. The Morgan fingerprint density at radius 3 is 1.97 bits per heavy atom. The van der Waals surface area contributed by atoms with Gasteiger partial charge in [0.2, 0.25) is 0 Å². The van der Waals surface area contributed by atoms with Gasteiger partial charge in [0.15, 0.2) is 0 Å². The fourth-order valence-corrected chi connectivity index (χ4v) is 3.05. The summed E-state index contributed by atoms with van der Waals surface area (Å²) in [5.74, 6) is 0.0917. The van der Waals surface area contributed by atoms with Crippen molar-refractivity contribution in [2.75, 3.05) is 30.8 Å². The monoisotopic (exact) mass is 446 g/mol. The Kier molecular flexibility index (Phi) is 8.02. The standard InChI is InChI=1S/C25H26N4O4/c1-17-8-13-22(33-2)21(16-17)29-25(32)28-20-11-9-19(10-12-20)24(31)27-15-14-26-23(30)18-6-4-3-5-7-18/h3-13,16H,14-15H2,1-2H3,(H,26,30)(H,27,31)(H2,28,29,32). The first-order valence-corrected chi connectivity index (χ1v) is 10.4. The highest BCUT2D eigenvalue weighted by molar-refractivity contribution is 6.01. The summed E-state index contributed by atoms with van der Waals surface area (Å²) in [6, 6.07) is 20.4. The summed E-state index contributed by atoms with van der Waals surface area (Å²) in [6.07, 6.45) is 0. The molecule has 8 heteroatoms. The minimum Gasteiger partial charge on any atom is -0.495 e. The minimum atomic E-state index is -0.426. The highest BCUT2D eigenvalue weighted by Gasteiger charge is 2.10. The van der Waals surface area contributed by atoms with E-state index < -0.39 is 6.03 Å². The topological polar surface area (TPSA) is 109 Å². The lowest BCUT2D eigenvalue weighted by molar-refractivity contribution is 0.0927. The van der Waals surface area contributed by atoms with Gasteiger partial charge in [0.1, 0.15) is 5.75 Å². The van der Waals surface area contributed by atoms with Gasteiger partial charge in [-0.2, -0.15) is 0 Å². The zero-order valence-electron chi connectivity index (χ0n) is 18.5. The molecule has 170 valence electrons. The van der Waals surface area contributed by atoms with Gasteiger partial charge in [-0.05, 0) is 61.0 Å². The highest BCUT2D eigenvalue weighted by atomic mass is 16.5. The molecular formula is C25H26N4O4. The molecule has 0 fully saturated rings. The maximum Gasteiger partial charge on any atom is 0.323 e. The summed E-state index contributed by atoms with van der Waals surface area (Å²) in [5, 5.41) is 11.0. The third-order valence-electron chi connectivity index (χ3n) is 4.74. The minimum absolute atomic E-state index is 0.193. The molecule has 0 spiro atoms. The van der Waals surface area contributed by atoms with E-state index in [2.05, 4.69) is 21.3 Å². The number of rotatable bonds is 8. The van der Waals surface area contributed by atoms with Gasteiger partial charge in [-0.25, -0.2) is 4.79 Å². The summed E-state index contributed by atoms with van der Waals surface area (Å²) >= 11 is 0. The van der Waals surface area contributed by atoms with E-state index in [0.717, 1.165) is 5.56 Å². The zero-order chi connectivity index (χ0) is 23.6. The van der Waals surface area contributed by atoms with Gasteiger partial charge in [-0.1, -0.05) is 24.3 Å². The highest BCUT2D eigenvalue weighted by Crippen LogP contribution is 2.25. The van der Waals surface area contributed by atoms with Crippen LogP contribution in [0.3, 0.4) is 0 Å². The fraction of sp³-hybridized carbons (Fsp3) is 0.160. The van der Waals surface area contributed by atoms with Crippen molar-refractivity contribution in [1.29, 1.82) is 0 Å². The van der Waals surface area contributed by atoms with Crippen LogP contribution in [0.25, 0.3) is 0 Å². The van der Waals surface area contributed by atoms with Gasteiger partial charge in [0.05, 0.1) is 12.8 Å². The van der Waals surface area contributed by atoms with Crippen LogP contribution in [-0.2, 0) is 0 Å². The fourth-order valence-electron chi connectivity index (χ4n) is 3.05. The van der Waals surface area contributed by atoms with Gasteiger partial charge in [0, 0.05) is 29.9 Å². The van der Waals surface area contributed by atoms with Crippen LogP contribution in [0.5, 0.6) is 5.75 Å². The lowest BCUT2D eigenvalue weighted by Crippen LogP contribution is -2.34. The molecule has 0 bridgehead atoms. The van der Waals surface area contributed by atoms with E-state index in [1.165, 1.54) is 7.11 Å². The molecule has 8 nitrogen and oxygen atoms in total. The van der Waals surface area contributed by atoms with Crippen LogP contribution >= 0.6 is 0 Å². The maximum absolute atomic E-state index is 12.3. The molecule has 0 saturated carbocycles. The molecule has 0 atom stereocenters. The number of ether oxygens (including phenoxy) is 1. The van der Waals surface area contributed by atoms with Gasteiger partial charge in [-0.3, -0.25) is 9.59 Å². The summed E-state index contributed by atoms with van der Waals surface area (Å²) in [7, 11) is 1.54. The van der Waals surface area contributed by atoms with Crippen LogP contribution < -0.4 is 26.0 Å². The molecule has 0 radical (unpaired) electrons. The van der Waals surface area contributed by atoms with E-state index in [1.54, 1.807) is 54.6 Å². The summed E-state index contributed by atoms with van der Waals surface area (Å²) in [6.45, 7) is 2.52. The summed E-state index contributed by atoms with van der Waals surface area (Å²) < 4.78 is 5.26. The smallest absolute Gasteiger partial charge is 0.323 e. The predicted octanol–water partition coefficient (Wildman–Crippen LogP) is 3.81. The van der Waals surface area contributed by atoms with Gasteiger partial charge < -0.3 is 26.0 Å². The Morgan fingerprint density at radius 2 is 1.36 bits per heavy atom. The lowest BCUT2D eigenvalue weighted by Gasteiger charge is -2.12. The van der Waals surface area contributed by atoms with Crippen molar-refractivity contribution in [3.63, 3.8) is 0 Å². The first-order chi connectivity index (χ1) is 16.0. The molecule has 3 aromatic rings. The Bertz CT molecular complexity index is 1120. The number of anilines is 2. The number of hydrogen-bond donors (Lipinski definition) is 4. The molecule has 3 aromatic carbocycles. The van der Waals surface area contributed by atoms with Crippen LogP contribution in [-0.4, -0.2) is 38.0 Å². The Labute approximate surface area is 192 Å². The number of nitrogens with one attached hydrogen (secondary N) is 4. The van der Waals surface area contributed by atoms with E-state index in [9.17, 15) is 14.4 Å². The molecule has 33 heavy (non-hydrogen) atoms. The number of benzene rings is 3. The Balaban J connectivity index is 1.45. The largest absolute Gasteiger partial charge is 0.495 e. The third-order valence-corrected chi connectivity index (χ3v) is 4.74. The van der Waals surface area contributed by atoms with Gasteiger partial charge >= 0.3 is 6.03 Å². The normalized spacial score (nSPS) is 10.1. The molecule has 0 aromatic heterocycles. The van der Waals surface area contributed by atoms with Gasteiger partial charge in [-0.15, -0.1) is 0 Å². The van der Waals surface area contributed by atoms with Crippen LogP contribution in [0.15, 0.2) is 72.8 Å². The number of carbonyl (C=O) groups is 3. The zero-order valence-corrected chi connectivity index (χ0v) is 18.5. The molecule has 3 rings (SSSR count). The van der Waals surface area contributed by atoms with Crippen LogP contribution in [0.2, 0.25) is 0 Å². The Morgan fingerprint density at radius 1 is 0.758 bits per heavy atom. The number of carbonyl (C=O) groups excluding carboxylic acids is 3. The summed E-state index contributed by atoms with van der Waals surface area (Å²) in [5.41, 5.74) is 3.09. The second-order valence-corrected chi connectivity index (χ2v) is 7.24. The number of hydrogen-bond acceptors (Lipinski definition) is 4. The molecule has 0 unspecified atom stereocenters. The van der Waals surface area contributed by atoms with Crippen molar-refractivity contribution in [1.82, 2.24) is 10.6 Å². The Hall–Kier alpha value is -4.33. The molecule has 0 aliphatic heterocycles. The van der Waals surface area contributed by atoms with Crippen molar-refractivity contribution in [3.05, 3.63) is 89.5 Å². The number of urea groups is 1. The van der Waals surface area contributed by atoms with E-state index in [0.29, 0.717) is 34.8 Å². The van der Waals surface area contributed by atoms with Crippen molar-refractivity contribution in [2.45, 2.75) is 6.92 Å². The predicted molar refractivity (Wildman–Crippen MR) is 128 cm³/mol. The number of aryl methyl sites for hydroxylation is 1. The second-order valence-electron chi connectivity index (χ2n) is 7.24. The van der Waals surface area contributed by atoms with E-state index in [4.69, 9.17) is 4.74 Å². The maximum atomic E-state index is 12.3. The van der Waals surface area contributed by atoms with E-state index in [1.807, 2.05) is 25.1 Å². The average Bonchev–Trinajstić information content (AvgIpc) is 2.82. The number of methoxy groups -OCH3 is 1. The van der Waals surface area contributed by atoms with Crippen LogP contribution in [0, 0.1) is 6.92 Å². The molecule has 4 N–H and O–H groups in total. The second kappa shape index (κ2) is 11.3. The molecule has 0 aliphatic rings. The van der Waals surface area contributed by atoms with Gasteiger partial charge in [0.25, 0.3) is 11.8 Å². The van der Waals surface area contributed by atoms with E-state index >= 15 is 0 Å². The van der Waals surface area contributed by atoms with Crippen molar-refractivity contribution >= 4 is 29.2 Å². The van der Waals surface area contributed by atoms with Crippen LogP contribution in [0.1, 0.15) is 26.3 Å². The van der Waals surface area contributed by atoms with Crippen molar-refractivity contribution < 1.29 is 19.1 Å². The SMILES string of the molecule is COc1ccc(C)cc1NC(=O)Nc1ccc(C(=O)NCCNC(=O)c2ccccc2)cc1. The molecule has 0 heterocycles. The number of amides is 4. The first-order valence-electron chi connectivity index (χ1n) is 10.4. The molecule has 0 aliphatic carbocycles. The molecule has 4 amide bonds. The molecular weight excluding hydrogens is 420 g/mol. The lowest BCUT2D eigenvalue weighted by atomic mass is 10.2. The van der Waals surface area contributed by atoms with Crippen molar-refractivity contribution in [2.24, 2.45) is 0 Å².